The summed E-state index contributed by atoms with van der Waals surface area (Å²) in [5.74, 6) is 0.817. The van der Waals surface area contributed by atoms with Crippen molar-refractivity contribution >= 4 is 11.8 Å². The molecule has 13 heavy (non-hydrogen) atoms. The van der Waals surface area contributed by atoms with Crippen molar-refractivity contribution in [2.45, 2.75) is 24.5 Å². The molecule has 6 heteroatoms. The molecular formula is C7H8F2N2OS. The van der Waals surface area contributed by atoms with Gasteiger partial charge in [-0.3, -0.25) is 0 Å². The van der Waals surface area contributed by atoms with Crippen molar-refractivity contribution in [3.63, 3.8) is 0 Å². The highest BCUT2D eigenvalue weighted by Crippen LogP contribution is 2.39. The van der Waals surface area contributed by atoms with Crippen LogP contribution in [-0.2, 0) is 0 Å². The van der Waals surface area contributed by atoms with Crippen LogP contribution >= 0.6 is 11.8 Å². The Morgan fingerprint density at radius 3 is 2.85 bits per heavy atom. The monoisotopic (exact) mass is 206 g/mol. The lowest BCUT2D eigenvalue weighted by molar-refractivity contribution is 0.113. The summed E-state index contributed by atoms with van der Waals surface area (Å²) in [6, 6.07) is 0. The van der Waals surface area contributed by atoms with Gasteiger partial charge in [-0.05, 0) is 18.6 Å². The normalized spacial score (nSPS) is 22.8. The van der Waals surface area contributed by atoms with E-state index in [0.29, 0.717) is 5.89 Å². The predicted octanol–water partition coefficient (Wildman–Crippen LogP) is 2.58. The summed E-state index contributed by atoms with van der Waals surface area (Å²) in [4.78, 5) is 0. The highest BCUT2D eigenvalue weighted by molar-refractivity contribution is 7.99. The minimum atomic E-state index is -2.66. The minimum Gasteiger partial charge on any atom is -0.419 e. The third kappa shape index (κ3) is 1.82. The highest BCUT2D eigenvalue weighted by atomic mass is 32.2. The van der Waals surface area contributed by atoms with E-state index in [0.717, 1.165) is 18.6 Å². The third-order valence-corrected chi connectivity index (χ3v) is 3.21. The Kier molecular flexibility index (Phi) is 2.48. The van der Waals surface area contributed by atoms with Gasteiger partial charge >= 0.3 is 6.43 Å². The van der Waals surface area contributed by atoms with Gasteiger partial charge in [0.1, 0.15) is 0 Å². The Balaban J connectivity index is 2.12. The first kappa shape index (κ1) is 8.93. The summed E-state index contributed by atoms with van der Waals surface area (Å²) in [7, 11) is 0. The van der Waals surface area contributed by atoms with E-state index in [1.54, 1.807) is 11.8 Å². The number of nitrogens with zero attached hydrogens (tertiary/aromatic N) is 2. The van der Waals surface area contributed by atoms with Crippen LogP contribution in [0.4, 0.5) is 8.78 Å². The summed E-state index contributed by atoms with van der Waals surface area (Å²) in [5.41, 5.74) is 0. The second-order valence-corrected chi connectivity index (χ2v) is 4.09. The lowest BCUT2D eigenvalue weighted by Crippen LogP contribution is -1.87. The maximum atomic E-state index is 12.1. The van der Waals surface area contributed by atoms with Gasteiger partial charge in [-0.15, -0.1) is 22.0 Å². The van der Waals surface area contributed by atoms with Gasteiger partial charge in [0.15, 0.2) is 0 Å². The molecule has 72 valence electrons. The number of hydrogen-bond acceptors (Lipinski definition) is 4. The first-order valence-electron chi connectivity index (χ1n) is 4.00. The van der Waals surface area contributed by atoms with Crippen LogP contribution in [0.2, 0.25) is 0 Å². The van der Waals surface area contributed by atoms with Crippen LogP contribution in [-0.4, -0.2) is 16.0 Å². The molecule has 0 radical (unpaired) electrons. The average Bonchev–Trinajstić information content (AvgIpc) is 2.75. The van der Waals surface area contributed by atoms with E-state index in [2.05, 4.69) is 10.2 Å². The molecule has 1 unspecified atom stereocenters. The molecule has 1 aromatic heterocycles. The molecule has 0 N–H and O–H groups in total. The summed E-state index contributed by atoms with van der Waals surface area (Å²) in [5, 5.41) is 7.01. The predicted molar refractivity (Wildman–Crippen MR) is 43.7 cm³/mol. The van der Waals surface area contributed by atoms with Crippen LogP contribution in [0.3, 0.4) is 0 Å². The van der Waals surface area contributed by atoms with Crippen molar-refractivity contribution in [3.8, 4) is 0 Å². The van der Waals surface area contributed by atoms with Crippen molar-refractivity contribution in [3.05, 3.63) is 11.8 Å². The van der Waals surface area contributed by atoms with Crippen LogP contribution in [0.5, 0.6) is 0 Å². The van der Waals surface area contributed by atoms with Crippen LogP contribution < -0.4 is 0 Å². The molecular weight excluding hydrogens is 198 g/mol. The molecule has 0 aromatic carbocycles. The fourth-order valence-electron chi connectivity index (χ4n) is 1.24. The van der Waals surface area contributed by atoms with Crippen LogP contribution in [0.25, 0.3) is 0 Å². The Hall–Kier alpha value is -0.650. The van der Waals surface area contributed by atoms with E-state index in [-0.39, 0.29) is 5.25 Å². The smallest absolute Gasteiger partial charge is 0.314 e. The molecule has 0 saturated carbocycles. The van der Waals surface area contributed by atoms with Gasteiger partial charge in [-0.25, -0.2) is 0 Å². The van der Waals surface area contributed by atoms with Gasteiger partial charge in [0.05, 0.1) is 5.25 Å². The quantitative estimate of drug-likeness (QED) is 0.745. The molecule has 2 rings (SSSR count). The average molecular weight is 206 g/mol. The Labute approximate surface area is 77.9 Å². The van der Waals surface area contributed by atoms with Crippen LogP contribution in [0, 0.1) is 0 Å². The molecule has 2 heterocycles. The molecule has 0 aliphatic carbocycles. The Bertz CT molecular complexity index is 286. The van der Waals surface area contributed by atoms with E-state index in [4.69, 9.17) is 4.42 Å². The molecule has 0 spiro atoms. The van der Waals surface area contributed by atoms with E-state index < -0.39 is 12.3 Å². The fraction of sp³-hybridized carbons (Fsp3) is 0.714. The molecule has 1 saturated heterocycles. The van der Waals surface area contributed by atoms with Gasteiger partial charge in [-0.2, -0.15) is 8.78 Å². The third-order valence-electron chi connectivity index (χ3n) is 1.85. The van der Waals surface area contributed by atoms with Gasteiger partial charge in [0, 0.05) is 0 Å². The number of rotatable bonds is 2. The molecule has 1 aromatic rings. The largest absolute Gasteiger partial charge is 0.419 e. The Morgan fingerprint density at radius 1 is 1.46 bits per heavy atom. The fourth-order valence-corrected chi connectivity index (χ4v) is 2.43. The summed E-state index contributed by atoms with van der Waals surface area (Å²) >= 11 is 1.68. The van der Waals surface area contributed by atoms with Gasteiger partial charge in [0.2, 0.25) is 5.89 Å². The topological polar surface area (TPSA) is 38.9 Å². The molecule has 1 fully saturated rings. The standard InChI is InChI=1S/C7H8F2N2OS/c8-5(9)7-11-10-6(12-7)4-2-1-3-13-4/h4-5H,1-3H2. The number of halogens is 2. The second kappa shape index (κ2) is 3.61. The van der Waals surface area contributed by atoms with Crippen molar-refractivity contribution in [1.29, 1.82) is 0 Å². The maximum Gasteiger partial charge on any atom is 0.314 e. The molecule has 3 nitrogen and oxygen atoms in total. The van der Waals surface area contributed by atoms with Crippen molar-refractivity contribution in [2.24, 2.45) is 0 Å². The summed E-state index contributed by atoms with van der Waals surface area (Å²) in [6.07, 6.45) is -0.635. The van der Waals surface area contributed by atoms with Crippen molar-refractivity contribution in [2.75, 3.05) is 5.75 Å². The van der Waals surface area contributed by atoms with E-state index in [1.807, 2.05) is 0 Å². The van der Waals surface area contributed by atoms with Gasteiger partial charge < -0.3 is 4.42 Å². The number of hydrogen-bond donors (Lipinski definition) is 0. The van der Waals surface area contributed by atoms with Crippen LogP contribution in [0.1, 0.15) is 36.3 Å². The molecule has 1 atom stereocenters. The number of alkyl halides is 2. The molecule has 0 bridgehead atoms. The zero-order chi connectivity index (χ0) is 9.26. The van der Waals surface area contributed by atoms with E-state index in [9.17, 15) is 8.78 Å². The lowest BCUT2D eigenvalue weighted by Gasteiger charge is -1.99. The zero-order valence-corrected chi connectivity index (χ0v) is 7.56. The highest BCUT2D eigenvalue weighted by Gasteiger charge is 2.25. The van der Waals surface area contributed by atoms with Gasteiger partial charge in [-0.1, -0.05) is 0 Å². The first-order chi connectivity index (χ1) is 6.27. The summed E-state index contributed by atoms with van der Waals surface area (Å²) < 4.78 is 29.0. The zero-order valence-electron chi connectivity index (χ0n) is 6.74. The van der Waals surface area contributed by atoms with Crippen LogP contribution in [0.15, 0.2) is 4.42 Å². The van der Waals surface area contributed by atoms with Crippen molar-refractivity contribution in [1.82, 2.24) is 10.2 Å². The molecule has 0 amide bonds. The first-order valence-corrected chi connectivity index (χ1v) is 5.05. The maximum absolute atomic E-state index is 12.1. The summed E-state index contributed by atoms with van der Waals surface area (Å²) in [6.45, 7) is 0. The number of thioether (sulfide) groups is 1. The van der Waals surface area contributed by atoms with Crippen molar-refractivity contribution < 1.29 is 13.2 Å². The molecule has 1 aliphatic rings. The van der Waals surface area contributed by atoms with E-state index >= 15 is 0 Å². The lowest BCUT2D eigenvalue weighted by atomic mass is 10.2. The SMILES string of the molecule is FC(F)c1nnc(C2CCCS2)o1. The molecule has 1 aliphatic heterocycles. The second-order valence-electron chi connectivity index (χ2n) is 2.78. The minimum absolute atomic E-state index is 0.125. The number of aromatic nitrogens is 2. The Morgan fingerprint density at radius 2 is 2.31 bits per heavy atom. The van der Waals surface area contributed by atoms with E-state index in [1.165, 1.54) is 0 Å². The van der Waals surface area contributed by atoms with Gasteiger partial charge in [0.25, 0.3) is 5.89 Å².